The molecule has 0 aromatic heterocycles. The van der Waals surface area contributed by atoms with Crippen molar-refractivity contribution in [2.45, 2.75) is 46.5 Å². The molecule has 0 aromatic carbocycles. The normalized spacial score (nSPS) is 14.0. The van der Waals surface area contributed by atoms with Gasteiger partial charge < -0.3 is 9.84 Å². The number of hydrogen-bond acceptors (Lipinski definition) is 3. The Kier molecular flexibility index (Phi) is 7.32. The zero-order valence-electron chi connectivity index (χ0n) is 11.6. The monoisotopic (exact) mass is 256 g/mol. The number of aliphatic carboxylic acids is 1. The molecule has 0 rings (SSSR count). The minimum atomic E-state index is -1.40. The van der Waals surface area contributed by atoms with E-state index < -0.39 is 17.4 Å². The topological polar surface area (TPSA) is 63.6 Å². The van der Waals surface area contributed by atoms with Gasteiger partial charge in [0.25, 0.3) is 0 Å². The van der Waals surface area contributed by atoms with Gasteiger partial charge in [-0.3, -0.25) is 9.59 Å². The Morgan fingerprint density at radius 1 is 1.39 bits per heavy atom. The molecular weight excluding hydrogens is 232 g/mol. The molecule has 1 atom stereocenters. The molecule has 0 saturated heterocycles. The summed E-state index contributed by atoms with van der Waals surface area (Å²) in [4.78, 5) is 23.5. The average Bonchev–Trinajstić information content (AvgIpc) is 2.30. The van der Waals surface area contributed by atoms with Gasteiger partial charge in [-0.1, -0.05) is 39.8 Å². The van der Waals surface area contributed by atoms with Crippen molar-refractivity contribution < 1.29 is 19.4 Å². The van der Waals surface area contributed by atoms with Crippen LogP contribution in [0, 0.1) is 11.3 Å². The number of ether oxygens (including phenoxy) is 1. The molecule has 0 radical (unpaired) electrons. The van der Waals surface area contributed by atoms with Crippen LogP contribution in [0.15, 0.2) is 12.7 Å². The fraction of sp³-hybridized carbons (Fsp3) is 0.714. The molecule has 0 fully saturated rings. The third-order valence-electron chi connectivity index (χ3n) is 2.96. The van der Waals surface area contributed by atoms with Crippen molar-refractivity contribution in [1.82, 2.24) is 0 Å². The maximum absolute atomic E-state index is 12.0. The van der Waals surface area contributed by atoms with E-state index in [1.807, 2.05) is 20.8 Å². The molecule has 0 bridgehead atoms. The molecule has 4 heteroatoms. The van der Waals surface area contributed by atoms with Gasteiger partial charge >= 0.3 is 11.9 Å². The largest absolute Gasteiger partial charge is 0.480 e. The van der Waals surface area contributed by atoms with Crippen molar-refractivity contribution >= 4 is 11.9 Å². The number of carbonyl (C=O) groups is 2. The van der Waals surface area contributed by atoms with Crippen molar-refractivity contribution in [2.24, 2.45) is 11.3 Å². The third kappa shape index (κ3) is 4.51. The van der Waals surface area contributed by atoms with E-state index in [9.17, 15) is 14.7 Å². The SMILES string of the molecule is C=CCOC(=O)C(CCC)(CCC(C)C)C(=O)O. The highest BCUT2D eigenvalue weighted by atomic mass is 16.5. The summed E-state index contributed by atoms with van der Waals surface area (Å²) in [6.07, 6.45) is 3.40. The Hall–Kier alpha value is -1.32. The van der Waals surface area contributed by atoms with Crippen molar-refractivity contribution in [3.05, 3.63) is 12.7 Å². The summed E-state index contributed by atoms with van der Waals surface area (Å²) in [5.74, 6) is -1.37. The average molecular weight is 256 g/mol. The molecule has 1 unspecified atom stereocenters. The summed E-state index contributed by atoms with van der Waals surface area (Å²) in [7, 11) is 0. The second-order valence-corrected chi connectivity index (χ2v) is 4.96. The summed E-state index contributed by atoms with van der Waals surface area (Å²) in [5.41, 5.74) is -1.40. The molecule has 0 heterocycles. The van der Waals surface area contributed by atoms with E-state index in [1.54, 1.807) is 0 Å². The maximum atomic E-state index is 12.0. The first-order valence-corrected chi connectivity index (χ1v) is 6.42. The van der Waals surface area contributed by atoms with Gasteiger partial charge in [-0.25, -0.2) is 0 Å². The van der Waals surface area contributed by atoms with Gasteiger partial charge in [-0.2, -0.15) is 0 Å². The molecule has 1 N–H and O–H groups in total. The summed E-state index contributed by atoms with van der Waals surface area (Å²) < 4.78 is 4.97. The van der Waals surface area contributed by atoms with Crippen LogP contribution in [0.1, 0.15) is 46.5 Å². The van der Waals surface area contributed by atoms with Crippen LogP contribution in [-0.4, -0.2) is 23.7 Å². The summed E-state index contributed by atoms with van der Waals surface area (Å²) in [5, 5.41) is 9.41. The number of esters is 1. The van der Waals surface area contributed by atoms with Crippen LogP contribution in [0.2, 0.25) is 0 Å². The number of hydrogen-bond donors (Lipinski definition) is 1. The summed E-state index contributed by atoms with van der Waals surface area (Å²) >= 11 is 0. The highest BCUT2D eigenvalue weighted by Gasteiger charge is 2.46. The predicted octanol–water partition coefficient (Wildman–Crippen LogP) is 3.02. The number of carbonyl (C=O) groups excluding carboxylic acids is 1. The lowest BCUT2D eigenvalue weighted by Crippen LogP contribution is -2.41. The van der Waals surface area contributed by atoms with Crippen LogP contribution in [0.5, 0.6) is 0 Å². The fourth-order valence-electron chi connectivity index (χ4n) is 1.86. The standard InChI is InChI=1S/C14H24O4/c1-5-8-14(12(15)16,9-7-11(3)4)13(17)18-10-6-2/h6,11H,2,5,7-10H2,1,3-4H3,(H,15,16). The van der Waals surface area contributed by atoms with E-state index in [4.69, 9.17) is 4.74 Å². The highest BCUT2D eigenvalue weighted by Crippen LogP contribution is 2.33. The molecule has 0 aliphatic rings. The molecule has 18 heavy (non-hydrogen) atoms. The van der Waals surface area contributed by atoms with Crippen molar-refractivity contribution in [1.29, 1.82) is 0 Å². The number of carboxylic acids is 1. The Morgan fingerprint density at radius 2 is 2.00 bits per heavy atom. The minimum absolute atomic E-state index is 0.0548. The Morgan fingerprint density at radius 3 is 2.39 bits per heavy atom. The van der Waals surface area contributed by atoms with Gasteiger partial charge in [0, 0.05) is 0 Å². The zero-order valence-corrected chi connectivity index (χ0v) is 11.6. The minimum Gasteiger partial charge on any atom is -0.480 e. The first-order valence-electron chi connectivity index (χ1n) is 6.42. The van der Waals surface area contributed by atoms with E-state index in [2.05, 4.69) is 6.58 Å². The van der Waals surface area contributed by atoms with E-state index in [-0.39, 0.29) is 6.61 Å². The van der Waals surface area contributed by atoms with Gasteiger partial charge in [0.1, 0.15) is 6.61 Å². The smallest absolute Gasteiger partial charge is 0.323 e. The Bertz CT molecular complexity index is 296. The molecule has 0 aliphatic carbocycles. The predicted molar refractivity (Wildman–Crippen MR) is 70.2 cm³/mol. The Labute approximate surface area is 109 Å². The second kappa shape index (κ2) is 7.90. The third-order valence-corrected chi connectivity index (χ3v) is 2.96. The molecular formula is C14H24O4. The van der Waals surface area contributed by atoms with Crippen LogP contribution < -0.4 is 0 Å². The lowest BCUT2D eigenvalue weighted by Gasteiger charge is -2.27. The van der Waals surface area contributed by atoms with Gasteiger partial charge in [-0.05, 0) is 25.2 Å². The summed E-state index contributed by atoms with van der Waals surface area (Å²) in [6, 6.07) is 0. The summed E-state index contributed by atoms with van der Waals surface area (Å²) in [6.45, 7) is 9.39. The number of carboxylic acid groups (broad SMARTS) is 1. The lowest BCUT2D eigenvalue weighted by atomic mass is 9.77. The molecule has 0 amide bonds. The van der Waals surface area contributed by atoms with E-state index in [0.717, 1.165) is 0 Å². The van der Waals surface area contributed by atoms with Gasteiger partial charge in [0.05, 0.1) is 0 Å². The van der Waals surface area contributed by atoms with Gasteiger partial charge in [0.15, 0.2) is 5.41 Å². The van der Waals surface area contributed by atoms with E-state index in [1.165, 1.54) is 6.08 Å². The van der Waals surface area contributed by atoms with Crippen LogP contribution >= 0.6 is 0 Å². The van der Waals surface area contributed by atoms with Crippen LogP contribution in [0.25, 0.3) is 0 Å². The zero-order chi connectivity index (χ0) is 14.2. The molecule has 0 aromatic rings. The number of rotatable bonds is 9. The van der Waals surface area contributed by atoms with Crippen LogP contribution in [-0.2, 0) is 14.3 Å². The van der Waals surface area contributed by atoms with Gasteiger partial charge in [0.2, 0.25) is 0 Å². The first-order chi connectivity index (χ1) is 8.40. The fourth-order valence-corrected chi connectivity index (χ4v) is 1.86. The van der Waals surface area contributed by atoms with Gasteiger partial charge in [-0.15, -0.1) is 0 Å². The second-order valence-electron chi connectivity index (χ2n) is 4.96. The molecule has 0 spiro atoms. The highest BCUT2D eigenvalue weighted by molar-refractivity contribution is 5.99. The van der Waals surface area contributed by atoms with Crippen LogP contribution in [0.3, 0.4) is 0 Å². The van der Waals surface area contributed by atoms with Crippen molar-refractivity contribution in [3.63, 3.8) is 0 Å². The first kappa shape index (κ1) is 16.7. The van der Waals surface area contributed by atoms with E-state index >= 15 is 0 Å². The quantitative estimate of drug-likeness (QED) is 0.391. The van der Waals surface area contributed by atoms with E-state index in [0.29, 0.717) is 31.6 Å². The lowest BCUT2D eigenvalue weighted by molar-refractivity contribution is -0.169. The molecule has 0 aliphatic heterocycles. The van der Waals surface area contributed by atoms with Crippen molar-refractivity contribution in [3.8, 4) is 0 Å². The molecule has 104 valence electrons. The maximum Gasteiger partial charge on any atom is 0.323 e. The molecule has 0 saturated carbocycles. The van der Waals surface area contributed by atoms with Crippen molar-refractivity contribution in [2.75, 3.05) is 6.61 Å². The molecule has 4 nitrogen and oxygen atoms in total. The van der Waals surface area contributed by atoms with Crippen LogP contribution in [0.4, 0.5) is 0 Å². The Balaban J connectivity index is 5.00.